The third-order valence-corrected chi connectivity index (χ3v) is 3.34. The molecule has 2 rings (SSSR count). The van der Waals surface area contributed by atoms with Crippen molar-refractivity contribution in [2.24, 2.45) is 0 Å². The third kappa shape index (κ3) is 4.31. The molecule has 0 amide bonds. The van der Waals surface area contributed by atoms with Crippen LogP contribution in [-0.4, -0.2) is 30.5 Å². The van der Waals surface area contributed by atoms with Gasteiger partial charge in [0.1, 0.15) is 12.4 Å². The van der Waals surface area contributed by atoms with Gasteiger partial charge in [-0.2, -0.15) is 0 Å². The van der Waals surface area contributed by atoms with Crippen molar-refractivity contribution < 1.29 is 14.6 Å². The van der Waals surface area contributed by atoms with Gasteiger partial charge in [-0.15, -0.1) is 0 Å². The first-order valence-electron chi connectivity index (χ1n) is 6.84. The first kappa shape index (κ1) is 13.4. The lowest BCUT2D eigenvalue weighted by Crippen LogP contribution is -2.29. The fraction of sp³-hybridized carbons (Fsp3) is 0.600. The molecule has 1 N–H and O–H groups in total. The molecule has 1 aromatic carbocycles. The molecule has 1 fully saturated rings. The highest BCUT2D eigenvalue weighted by atomic mass is 16.5. The molecule has 1 saturated carbocycles. The quantitative estimate of drug-likeness (QED) is 0.645. The fourth-order valence-electron chi connectivity index (χ4n) is 2.32. The molecule has 2 atom stereocenters. The molecular weight excluding hydrogens is 228 g/mol. The highest BCUT2D eigenvalue weighted by Crippen LogP contribution is 2.20. The van der Waals surface area contributed by atoms with E-state index in [1.807, 2.05) is 30.3 Å². The minimum atomic E-state index is -0.302. The van der Waals surface area contributed by atoms with E-state index in [0.29, 0.717) is 13.2 Å². The van der Waals surface area contributed by atoms with Crippen LogP contribution in [0.1, 0.15) is 32.1 Å². The molecule has 0 spiro atoms. The van der Waals surface area contributed by atoms with Crippen LogP contribution >= 0.6 is 0 Å². The molecule has 0 aliphatic heterocycles. The Morgan fingerprint density at radius 1 is 1.00 bits per heavy atom. The Morgan fingerprint density at radius 3 is 2.61 bits per heavy atom. The van der Waals surface area contributed by atoms with Crippen molar-refractivity contribution >= 4 is 0 Å². The average molecular weight is 250 g/mol. The molecule has 18 heavy (non-hydrogen) atoms. The van der Waals surface area contributed by atoms with E-state index in [-0.39, 0.29) is 12.2 Å². The SMILES string of the molecule is OC1CCCCCC1OCCOc1ccccc1. The first-order valence-corrected chi connectivity index (χ1v) is 6.84. The van der Waals surface area contributed by atoms with Crippen molar-refractivity contribution in [1.82, 2.24) is 0 Å². The van der Waals surface area contributed by atoms with Crippen molar-refractivity contribution in [3.8, 4) is 5.75 Å². The van der Waals surface area contributed by atoms with Crippen molar-refractivity contribution in [2.45, 2.75) is 44.3 Å². The summed E-state index contributed by atoms with van der Waals surface area (Å²) in [6, 6.07) is 9.72. The van der Waals surface area contributed by atoms with Gasteiger partial charge in [-0.3, -0.25) is 0 Å². The van der Waals surface area contributed by atoms with E-state index in [1.165, 1.54) is 6.42 Å². The average Bonchev–Trinajstić information content (AvgIpc) is 2.61. The summed E-state index contributed by atoms with van der Waals surface area (Å²) in [6.07, 6.45) is 4.99. The van der Waals surface area contributed by atoms with E-state index in [4.69, 9.17) is 9.47 Å². The van der Waals surface area contributed by atoms with Gasteiger partial charge >= 0.3 is 0 Å². The Bertz CT molecular complexity index is 326. The normalized spacial score (nSPS) is 24.5. The van der Waals surface area contributed by atoms with Crippen LogP contribution in [0.15, 0.2) is 30.3 Å². The Hall–Kier alpha value is -1.06. The molecule has 3 heteroatoms. The molecule has 1 aliphatic carbocycles. The second kappa shape index (κ2) is 7.39. The van der Waals surface area contributed by atoms with Crippen LogP contribution in [0.25, 0.3) is 0 Å². The zero-order chi connectivity index (χ0) is 12.6. The van der Waals surface area contributed by atoms with Crippen LogP contribution < -0.4 is 4.74 Å². The summed E-state index contributed by atoms with van der Waals surface area (Å²) in [5.74, 6) is 0.863. The van der Waals surface area contributed by atoms with Gasteiger partial charge in [0.2, 0.25) is 0 Å². The molecule has 0 bridgehead atoms. The molecule has 3 nitrogen and oxygen atoms in total. The van der Waals surface area contributed by atoms with Crippen molar-refractivity contribution in [3.63, 3.8) is 0 Å². The molecule has 0 saturated heterocycles. The molecular formula is C15H22O3. The standard InChI is InChI=1S/C15H22O3/c16-14-9-5-2-6-10-15(14)18-12-11-17-13-7-3-1-4-8-13/h1,3-4,7-8,14-16H,2,5-6,9-12H2. The number of para-hydroxylation sites is 1. The van der Waals surface area contributed by atoms with Crippen LogP contribution in [0.4, 0.5) is 0 Å². The predicted octanol–water partition coefficient (Wildman–Crippen LogP) is 2.78. The summed E-state index contributed by atoms with van der Waals surface area (Å²) in [6.45, 7) is 1.07. The second-order valence-corrected chi connectivity index (χ2v) is 4.78. The first-order chi connectivity index (χ1) is 8.86. The van der Waals surface area contributed by atoms with Crippen molar-refractivity contribution in [3.05, 3.63) is 30.3 Å². The number of hydrogen-bond acceptors (Lipinski definition) is 3. The maximum absolute atomic E-state index is 9.90. The van der Waals surface area contributed by atoms with Crippen LogP contribution in [0.2, 0.25) is 0 Å². The molecule has 1 aromatic rings. The highest BCUT2D eigenvalue weighted by Gasteiger charge is 2.21. The maximum Gasteiger partial charge on any atom is 0.119 e. The van der Waals surface area contributed by atoms with Gasteiger partial charge in [-0.25, -0.2) is 0 Å². The van der Waals surface area contributed by atoms with Crippen LogP contribution in [0.5, 0.6) is 5.75 Å². The van der Waals surface area contributed by atoms with Gasteiger partial charge in [0.15, 0.2) is 0 Å². The summed E-state index contributed by atoms with van der Waals surface area (Å²) in [4.78, 5) is 0. The van der Waals surface area contributed by atoms with E-state index in [1.54, 1.807) is 0 Å². The zero-order valence-electron chi connectivity index (χ0n) is 10.8. The Kier molecular flexibility index (Phi) is 5.49. The molecule has 1 aliphatic rings. The van der Waals surface area contributed by atoms with Crippen molar-refractivity contribution in [1.29, 1.82) is 0 Å². The smallest absolute Gasteiger partial charge is 0.119 e. The monoisotopic (exact) mass is 250 g/mol. The fourth-order valence-corrected chi connectivity index (χ4v) is 2.32. The second-order valence-electron chi connectivity index (χ2n) is 4.78. The summed E-state index contributed by atoms with van der Waals surface area (Å²) in [5, 5.41) is 9.90. The summed E-state index contributed by atoms with van der Waals surface area (Å²) in [5.41, 5.74) is 0. The maximum atomic E-state index is 9.90. The third-order valence-electron chi connectivity index (χ3n) is 3.34. The van der Waals surface area contributed by atoms with E-state index in [2.05, 4.69) is 0 Å². The van der Waals surface area contributed by atoms with Crippen LogP contribution in [0.3, 0.4) is 0 Å². The summed E-state index contributed by atoms with van der Waals surface area (Å²) < 4.78 is 11.3. The number of hydrogen-bond donors (Lipinski definition) is 1. The molecule has 100 valence electrons. The molecule has 0 heterocycles. The van der Waals surface area contributed by atoms with E-state index < -0.39 is 0 Å². The number of benzene rings is 1. The Morgan fingerprint density at radius 2 is 1.78 bits per heavy atom. The number of aliphatic hydroxyl groups excluding tert-OH is 1. The lowest BCUT2D eigenvalue weighted by Gasteiger charge is -2.20. The highest BCUT2D eigenvalue weighted by molar-refractivity contribution is 5.20. The Balaban J connectivity index is 1.65. The summed E-state index contributed by atoms with van der Waals surface area (Å²) in [7, 11) is 0. The lowest BCUT2D eigenvalue weighted by molar-refractivity contribution is -0.0476. The predicted molar refractivity (Wildman–Crippen MR) is 70.8 cm³/mol. The Labute approximate surface area is 109 Å². The zero-order valence-corrected chi connectivity index (χ0v) is 10.8. The number of aliphatic hydroxyl groups is 1. The topological polar surface area (TPSA) is 38.7 Å². The minimum Gasteiger partial charge on any atom is -0.491 e. The van der Waals surface area contributed by atoms with Gasteiger partial charge in [0.25, 0.3) is 0 Å². The van der Waals surface area contributed by atoms with Gasteiger partial charge < -0.3 is 14.6 Å². The summed E-state index contributed by atoms with van der Waals surface area (Å²) >= 11 is 0. The van der Waals surface area contributed by atoms with E-state index in [9.17, 15) is 5.11 Å². The largest absolute Gasteiger partial charge is 0.491 e. The van der Waals surface area contributed by atoms with Gasteiger partial charge in [-0.1, -0.05) is 37.5 Å². The minimum absolute atomic E-state index is 0.00752. The van der Waals surface area contributed by atoms with Crippen LogP contribution in [0, 0.1) is 0 Å². The van der Waals surface area contributed by atoms with Gasteiger partial charge in [0, 0.05) is 0 Å². The lowest BCUT2D eigenvalue weighted by atomic mass is 10.1. The van der Waals surface area contributed by atoms with Gasteiger partial charge in [-0.05, 0) is 25.0 Å². The molecule has 0 aromatic heterocycles. The number of ether oxygens (including phenoxy) is 2. The molecule has 0 radical (unpaired) electrons. The van der Waals surface area contributed by atoms with Crippen LogP contribution in [-0.2, 0) is 4.74 Å². The van der Waals surface area contributed by atoms with E-state index >= 15 is 0 Å². The van der Waals surface area contributed by atoms with Crippen molar-refractivity contribution in [2.75, 3.05) is 13.2 Å². The number of rotatable bonds is 5. The molecule has 2 unspecified atom stereocenters. The van der Waals surface area contributed by atoms with E-state index in [0.717, 1.165) is 31.4 Å². The van der Waals surface area contributed by atoms with Gasteiger partial charge in [0.05, 0.1) is 18.8 Å².